The summed E-state index contributed by atoms with van der Waals surface area (Å²) in [5, 5.41) is 13.0. The van der Waals surface area contributed by atoms with Crippen LogP contribution >= 0.6 is 0 Å². The summed E-state index contributed by atoms with van der Waals surface area (Å²) in [4.78, 5) is 0. The maximum Gasteiger partial charge on any atom is 0.0462 e. The van der Waals surface area contributed by atoms with Crippen LogP contribution in [0.25, 0.3) is 0 Å². The van der Waals surface area contributed by atoms with Gasteiger partial charge in [0.1, 0.15) is 0 Å². The van der Waals surface area contributed by atoms with Crippen LogP contribution in [-0.2, 0) is 0 Å². The van der Waals surface area contributed by atoms with Crippen LogP contribution in [0.3, 0.4) is 0 Å². The van der Waals surface area contributed by atoms with Crippen LogP contribution in [0.2, 0.25) is 0 Å². The standard InChI is InChI=1S/C18H29NO/c1-15(16-7-3-2-4-8-16)11-12-19-13-17-9-5-6-10-18(17)14-20/h2-4,7-8,15,17-20H,5-6,9-14H2,1H3. The molecule has 0 aliphatic heterocycles. The van der Waals surface area contributed by atoms with Gasteiger partial charge in [-0.2, -0.15) is 0 Å². The zero-order chi connectivity index (χ0) is 14.2. The van der Waals surface area contributed by atoms with E-state index in [4.69, 9.17) is 0 Å². The monoisotopic (exact) mass is 275 g/mol. The van der Waals surface area contributed by atoms with Gasteiger partial charge in [-0.05, 0) is 55.7 Å². The van der Waals surface area contributed by atoms with Gasteiger partial charge in [-0.25, -0.2) is 0 Å². The quantitative estimate of drug-likeness (QED) is 0.746. The number of hydrogen-bond acceptors (Lipinski definition) is 2. The molecule has 0 spiro atoms. The van der Waals surface area contributed by atoms with Gasteiger partial charge in [-0.3, -0.25) is 0 Å². The molecule has 20 heavy (non-hydrogen) atoms. The molecule has 0 radical (unpaired) electrons. The Balaban J connectivity index is 1.66. The van der Waals surface area contributed by atoms with Gasteiger partial charge in [-0.15, -0.1) is 0 Å². The molecule has 2 rings (SSSR count). The van der Waals surface area contributed by atoms with Crippen molar-refractivity contribution in [2.75, 3.05) is 19.7 Å². The molecule has 0 aromatic heterocycles. The summed E-state index contributed by atoms with van der Waals surface area (Å²) >= 11 is 0. The van der Waals surface area contributed by atoms with E-state index in [2.05, 4.69) is 42.6 Å². The largest absolute Gasteiger partial charge is 0.396 e. The molecule has 1 saturated carbocycles. The van der Waals surface area contributed by atoms with Crippen molar-refractivity contribution in [1.29, 1.82) is 0 Å². The van der Waals surface area contributed by atoms with Gasteiger partial charge >= 0.3 is 0 Å². The van der Waals surface area contributed by atoms with Gasteiger partial charge in [0.05, 0.1) is 0 Å². The fraction of sp³-hybridized carbons (Fsp3) is 0.667. The van der Waals surface area contributed by atoms with Crippen molar-refractivity contribution in [2.24, 2.45) is 11.8 Å². The number of nitrogens with one attached hydrogen (secondary N) is 1. The van der Waals surface area contributed by atoms with Gasteiger partial charge in [0, 0.05) is 6.61 Å². The number of hydrogen-bond donors (Lipinski definition) is 2. The molecular weight excluding hydrogens is 246 g/mol. The SMILES string of the molecule is CC(CCNCC1CCCCC1CO)c1ccccc1. The zero-order valence-electron chi connectivity index (χ0n) is 12.7. The highest BCUT2D eigenvalue weighted by Crippen LogP contribution is 2.29. The van der Waals surface area contributed by atoms with Crippen LogP contribution < -0.4 is 5.32 Å². The molecule has 112 valence electrons. The molecule has 1 aromatic carbocycles. The Morgan fingerprint density at radius 1 is 1.15 bits per heavy atom. The maximum absolute atomic E-state index is 9.43. The van der Waals surface area contributed by atoms with Crippen molar-refractivity contribution < 1.29 is 5.11 Å². The lowest BCUT2D eigenvalue weighted by Crippen LogP contribution is -2.33. The van der Waals surface area contributed by atoms with E-state index in [0.717, 1.165) is 13.1 Å². The third kappa shape index (κ3) is 4.60. The summed E-state index contributed by atoms with van der Waals surface area (Å²) in [7, 11) is 0. The second-order valence-electron chi connectivity index (χ2n) is 6.29. The average Bonchev–Trinajstić information content (AvgIpc) is 2.52. The second-order valence-corrected chi connectivity index (χ2v) is 6.29. The normalized spacial score (nSPS) is 24.5. The summed E-state index contributed by atoms with van der Waals surface area (Å²) in [5.74, 6) is 1.83. The van der Waals surface area contributed by atoms with E-state index >= 15 is 0 Å². The minimum Gasteiger partial charge on any atom is -0.396 e. The topological polar surface area (TPSA) is 32.3 Å². The number of aliphatic hydroxyl groups is 1. The molecule has 2 heteroatoms. The van der Waals surface area contributed by atoms with Crippen LogP contribution in [0.4, 0.5) is 0 Å². The first-order valence-electron chi connectivity index (χ1n) is 8.17. The van der Waals surface area contributed by atoms with Crippen molar-refractivity contribution in [3.8, 4) is 0 Å². The predicted octanol–water partition coefficient (Wildman–Crippen LogP) is 3.57. The number of benzene rings is 1. The predicted molar refractivity (Wildman–Crippen MR) is 84.9 cm³/mol. The van der Waals surface area contributed by atoms with Crippen LogP contribution in [0.1, 0.15) is 50.5 Å². The summed E-state index contributed by atoms with van der Waals surface area (Å²) in [6.45, 7) is 4.82. The molecule has 0 bridgehead atoms. The van der Waals surface area contributed by atoms with Crippen molar-refractivity contribution in [3.63, 3.8) is 0 Å². The third-order valence-corrected chi connectivity index (χ3v) is 4.83. The summed E-state index contributed by atoms with van der Waals surface area (Å²) in [5.41, 5.74) is 1.43. The highest BCUT2D eigenvalue weighted by Gasteiger charge is 2.23. The van der Waals surface area contributed by atoms with E-state index in [1.165, 1.54) is 37.7 Å². The van der Waals surface area contributed by atoms with E-state index in [9.17, 15) is 5.11 Å². The highest BCUT2D eigenvalue weighted by atomic mass is 16.3. The van der Waals surface area contributed by atoms with E-state index < -0.39 is 0 Å². The molecule has 1 aromatic rings. The molecule has 1 aliphatic carbocycles. The van der Waals surface area contributed by atoms with Crippen LogP contribution in [0, 0.1) is 11.8 Å². The van der Waals surface area contributed by atoms with Gasteiger partial charge in [0.25, 0.3) is 0 Å². The molecule has 1 fully saturated rings. The maximum atomic E-state index is 9.43. The Kier molecular flexibility index (Phi) is 6.55. The lowest BCUT2D eigenvalue weighted by Gasteiger charge is -2.30. The first kappa shape index (κ1) is 15.5. The minimum absolute atomic E-state index is 0.368. The van der Waals surface area contributed by atoms with E-state index in [-0.39, 0.29) is 0 Å². The number of aliphatic hydroxyl groups excluding tert-OH is 1. The zero-order valence-corrected chi connectivity index (χ0v) is 12.7. The van der Waals surface area contributed by atoms with Crippen molar-refractivity contribution >= 4 is 0 Å². The number of rotatable bonds is 7. The van der Waals surface area contributed by atoms with Crippen molar-refractivity contribution in [1.82, 2.24) is 5.32 Å². The Bertz CT molecular complexity index is 365. The lowest BCUT2D eigenvalue weighted by atomic mass is 9.79. The molecule has 0 amide bonds. The summed E-state index contributed by atoms with van der Waals surface area (Å²) < 4.78 is 0. The van der Waals surface area contributed by atoms with Crippen molar-refractivity contribution in [3.05, 3.63) is 35.9 Å². The minimum atomic E-state index is 0.368. The lowest BCUT2D eigenvalue weighted by molar-refractivity contribution is 0.133. The fourth-order valence-electron chi connectivity index (χ4n) is 3.35. The highest BCUT2D eigenvalue weighted by molar-refractivity contribution is 5.18. The fourth-order valence-corrected chi connectivity index (χ4v) is 3.35. The Morgan fingerprint density at radius 2 is 1.85 bits per heavy atom. The first-order valence-corrected chi connectivity index (χ1v) is 8.17. The summed E-state index contributed by atoms with van der Waals surface area (Å²) in [6, 6.07) is 10.7. The molecule has 3 unspecified atom stereocenters. The van der Waals surface area contributed by atoms with Gasteiger partial charge in [0.2, 0.25) is 0 Å². The second kappa shape index (κ2) is 8.43. The molecule has 3 atom stereocenters. The van der Waals surface area contributed by atoms with E-state index in [1.54, 1.807) is 0 Å². The van der Waals surface area contributed by atoms with Crippen molar-refractivity contribution in [2.45, 2.75) is 44.9 Å². The van der Waals surface area contributed by atoms with Crippen LogP contribution in [0.15, 0.2) is 30.3 Å². The van der Waals surface area contributed by atoms with Crippen LogP contribution in [-0.4, -0.2) is 24.8 Å². The van der Waals surface area contributed by atoms with Gasteiger partial charge < -0.3 is 10.4 Å². The van der Waals surface area contributed by atoms with E-state index in [1.807, 2.05) is 0 Å². The van der Waals surface area contributed by atoms with Gasteiger partial charge in [-0.1, -0.05) is 50.1 Å². The molecule has 0 heterocycles. The van der Waals surface area contributed by atoms with E-state index in [0.29, 0.717) is 24.4 Å². The van der Waals surface area contributed by atoms with Gasteiger partial charge in [0.15, 0.2) is 0 Å². The smallest absolute Gasteiger partial charge is 0.0462 e. The average molecular weight is 275 g/mol. The van der Waals surface area contributed by atoms with Crippen LogP contribution in [0.5, 0.6) is 0 Å². The Labute approximate surface area is 123 Å². The third-order valence-electron chi connectivity index (χ3n) is 4.83. The molecule has 2 N–H and O–H groups in total. The molecule has 0 saturated heterocycles. The first-order chi connectivity index (χ1) is 9.81. The Morgan fingerprint density at radius 3 is 2.55 bits per heavy atom. The molecule has 2 nitrogen and oxygen atoms in total. The Hall–Kier alpha value is -0.860. The molecular formula is C18H29NO. The summed E-state index contributed by atoms with van der Waals surface area (Å²) in [6.07, 6.45) is 6.31. The molecule has 1 aliphatic rings.